The summed E-state index contributed by atoms with van der Waals surface area (Å²) in [6, 6.07) is -0.617. The molecule has 5 heteroatoms. The van der Waals surface area contributed by atoms with Gasteiger partial charge >= 0.3 is 12.0 Å². The number of ether oxygens (including phenoxy) is 1. The first-order valence-corrected chi connectivity index (χ1v) is 4.77. The first-order valence-electron chi connectivity index (χ1n) is 4.77. The number of piperidine rings is 1. The van der Waals surface area contributed by atoms with Crippen LogP contribution in [0.5, 0.6) is 0 Å². The lowest BCUT2D eigenvalue weighted by Crippen LogP contribution is -2.51. The van der Waals surface area contributed by atoms with Crippen molar-refractivity contribution in [3.8, 4) is 0 Å². The largest absolute Gasteiger partial charge is 0.467 e. The van der Waals surface area contributed by atoms with Crippen molar-refractivity contribution in [2.24, 2.45) is 0 Å². The van der Waals surface area contributed by atoms with Crippen LogP contribution in [-0.2, 0) is 9.53 Å². The zero-order valence-corrected chi connectivity index (χ0v) is 8.58. The smallest absolute Gasteiger partial charge is 0.328 e. The Labute approximate surface area is 83.4 Å². The molecule has 2 amide bonds. The van der Waals surface area contributed by atoms with Crippen LogP contribution in [0.25, 0.3) is 0 Å². The molecule has 1 saturated heterocycles. The van der Waals surface area contributed by atoms with E-state index < -0.39 is 6.04 Å². The van der Waals surface area contributed by atoms with Crippen molar-refractivity contribution >= 4 is 12.0 Å². The highest BCUT2D eigenvalue weighted by Crippen LogP contribution is 2.17. The van der Waals surface area contributed by atoms with E-state index >= 15 is 0 Å². The summed E-state index contributed by atoms with van der Waals surface area (Å²) in [5.41, 5.74) is 0. The molecule has 0 saturated carbocycles. The predicted molar refractivity (Wildman–Crippen MR) is 50.8 cm³/mol. The molecule has 14 heavy (non-hydrogen) atoms. The molecule has 1 aliphatic rings. The van der Waals surface area contributed by atoms with Crippen molar-refractivity contribution in [1.82, 2.24) is 10.2 Å². The number of carbonyl (C=O) groups excluding carboxylic acids is 2. The van der Waals surface area contributed by atoms with Gasteiger partial charge in [-0.1, -0.05) is 0 Å². The van der Waals surface area contributed by atoms with Gasteiger partial charge in [0.15, 0.2) is 0 Å². The molecule has 0 aromatic heterocycles. The summed E-state index contributed by atoms with van der Waals surface area (Å²) in [7, 11) is 2.91. The molecule has 1 aliphatic heterocycles. The Morgan fingerprint density at radius 3 is 2.71 bits per heavy atom. The molecule has 0 unspecified atom stereocenters. The lowest BCUT2D eigenvalue weighted by molar-refractivity contribution is -0.146. The third-order valence-electron chi connectivity index (χ3n) is 2.45. The minimum atomic E-state index is -0.409. The summed E-state index contributed by atoms with van der Waals surface area (Å²) in [6.07, 6.45) is 2.61. The number of carbonyl (C=O) groups is 2. The second-order valence-electron chi connectivity index (χ2n) is 3.28. The summed E-state index contributed by atoms with van der Waals surface area (Å²) in [5, 5.41) is 2.52. The van der Waals surface area contributed by atoms with E-state index in [1.54, 1.807) is 7.05 Å². The van der Waals surface area contributed by atoms with Crippen LogP contribution in [0.4, 0.5) is 4.79 Å². The number of esters is 1. The second kappa shape index (κ2) is 4.83. The monoisotopic (exact) mass is 200 g/mol. The topological polar surface area (TPSA) is 58.6 Å². The van der Waals surface area contributed by atoms with E-state index in [4.69, 9.17) is 0 Å². The van der Waals surface area contributed by atoms with Gasteiger partial charge in [-0.05, 0) is 19.3 Å². The molecule has 1 rings (SSSR count). The van der Waals surface area contributed by atoms with Crippen molar-refractivity contribution < 1.29 is 14.3 Å². The van der Waals surface area contributed by atoms with Gasteiger partial charge in [-0.15, -0.1) is 0 Å². The van der Waals surface area contributed by atoms with Gasteiger partial charge in [-0.25, -0.2) is 9.59 Å². The number of nitrogens with zero attached hydrogens (tertiary/aromatic N) is 1. The maximum atomic E-state index is 11.4. The Balaban J connectivity index is 2.68. The molecule has 80 valence electrons. The Bertz CT molecular complexity index is 206. The van der Waals surface area contributed by atoms with Crippen molar-refractivity contribution in [3.63, 3.8) is 0 Å². The summed E-state index contributed by atoms with van der Waals surface area (Å²) in [4.78, 5) is 24.3. The fourth-order valence-corrected chi connectivity index (χ4v) is 1.70. The Morgan fingerprint density at radius 2 is 2.14 bits per heavy atom. The summed E-state index contributed by atoms with van der Waals surface area (Å²) < 4.78 is 4.65. The van der Waals surface area contributed by atoms with Crippen LogP contribution in [0.2, 0.25) is 0 Å². The van der Waals surface area contributed by atoms with Gasteiger partial charge in [-0.2, -0.15) is 0 Å². The number of urea groups is 1. The van der Waals surface area contributed by atoms with Crippen LogP contribution in [-0.4, -0.2) is 43.6 Å². The van der Waals surface area contributed by atoms with Crippen molar-refractivity contribution in [2.75, 3.05) is 20.7 Å². The molecule has 5 nitrogen and oxygen atoms in total. The number of methoxy groups -OCH3 is 1. The lowest BCUT2D eigenvalue weighted by atomic mass is 10.0. The molecule has 0 aromatic carbocycles. The maximum Gasteiger partial charge on any atom is 0.328 e. The van der Waals surface area contributed by atoms with Gasteiger partial charge in [0.1, 0.15) is 6.04 Å². The highest BCUT2D eigenvalue weighted by atomic mass is 16.5. The van der Waals surface area contributed by atoms with E-state index in [0.717, 1.165) is 12.8 Å². The van der Waals surface area contributed by atoms with E-state index in [2.05, 4.69) is 10.1 Å². The van der Waals surface area contributed by atoms with Gasteiger partial charge < -0.3 is 15.0 Å². The molecule has 0 spiro atoms. The summed E-state index contributed by atoms with van der Waals surface area (Å²) in [5.74, 6) is -0.326. The van der Waals surface area contributed by atoms with Crippen molar-refractivity contribution in [3.05, 3.63) is 0 Å². The minimum Gasteiger partial charge on any atom is -0.467 e. The standard InChI is InChI=1S/C9H16N2O3/c1-10-9(13)11-6-4-3-5-7(11)8(12)14-2/h7H,3-6H2,1-2H3,(H,10,13)/t7-/m1/s1. The van der Waals surface area contributed by atoms with E-state index in [1.807, 2.05) is 0 Å². The average Bonchev–Trinajstić information content (AvgIpc) is 2.27. The molecule has 1 atom stereocenters. The minimum absolute atomic E-state index is 0.208. The quantitative estimate of drug-likeness (QED) is 0.621. The van der Waals surface area contributed by atoms with Crippen LogP contribution in [0.1, 0.15) is 19.3 Å². The summed E-state index contributed by atoms with van der Waals surface area (Å²) >= 11 is 0. The first kappa shape index (κ1) is 10.8. The predicted octanol–water partition coefficient (Wildman–Crippen LogP) is 0.353. The molecule has 1 fully saturated rings. The molecule has 1 heterocycles. The zero-order valence-electron chi connectivity index (χ0n) is 8.58. The van der Waals surface area contributed by atoms with Gasteiger partial charge in [0, 0.05) is 13.6 Å². The van der Waals surface area contributed by atoms with Crippen LogP contribution >= 0.6 is 0 Å². The molecule has 0 aliphatic carbocycles. The van der Waals surface area contributed by atoms with Crippen LogP contribution in [0.15, 0.2) is 0 Å². The summed E-state index contributed by atoms with van der Waals surface area (Å²) in [6.45, 7) is 0.624. The lowest BCUT2D eigenvalue weighted by Gasteiger charge is -2.33. The van der Waals surface area contributed by atoms with Gasteiger partial charge in [-0.3, -0.25) is 0 Å². The van der Waals surface area contributed by atoms with Gasteiger partial charge in [0.25, 0.3) is 0 Å². The fourth-order valence-electron chi connectivity index (χ4n) is 1.70. The second-order valence-corrected chi connectivity index (χ2v) is 3.28. The molecular formula is C9H16N2O3. The molecular weight excluding hydrogens is 184 g/mol. The third kappa shape index (κ3) is 2.16. The number of nitrogens with one attached hydrogen (secondary N) is 1. The Hall–Kier alpha value is -1.26. The van der Waals surface area contributed by atoms with Gasteiger partial charge in [0.05, 0.1) is 7.11 Å². The number of hydrogen-bond acceptors (Lipinski definition) is 3. The average molecular weight is 200 g/mol. The molecule has 1 N–H and O–H groups in total. The molecule has 0 radical (unpaired) electrons. The third-order valence-corrected chi connectivity index (χ3v) is 2.45. The van der Waals surface area contributed by atoms with Crippen LogP contribution in [0, 0.1) is 0 Å². The SMILES string of the molecule is CNC(=O)N1CCCC[C@@H]1C(=O)OC. The maximum absolute atomic E-state index is 11.4. The van der Waals surface area contributed by atoms with Crippen molar-refractivity contribution in [2.45, 2.75) is 25.3 Å². The number of hydrogen-bond donors (Lipinski definition) is 1. The number of amides is 2. The normalized spacial score (nSPS) is 21.6. The van der Waals surface area contributed by atoms with Crippen LogP contribution in [0.3, 0.4) is 0 Å². The number of likely N-dealkylation sites (tertiary alicyclic amines) is 1. The van der Waals surface area contributed by atoms with Gasteiger partial charge in [0.2, 0.25) is 0 Å². The first-order chi connectivity index (χ1) is 6.70. The van der Waals surface area contributed by atoms with E-state index in [1.165, 1.54) is 12.0 Å². The Morgan fingerprint density at radius 1 is 1.43 bits per heavy atom. The highest BCUT2D eigenvalue weighted by Gasteiger charge is 2.32. The Kier molecular flexibility index (Phi) is 3.73. The highest BCUT2D eigenvalue weighted by molar-refractivity contribution is 5.83. The number of rotatable bonds is 1. The molecule has 0 aromatic rings. The zero-order chi connectivity index (χ0) is 10.6. The fraction of sp³-hybridized carbons (Fsp3) is 0.778. The van der Waals surface area contributed by atoms with E-state index in [-0.39, 0.29) is 12.0 Å². The van der Waals surface area contributed by atoms with E-state index in [9.17, 15) is 9.59 Å². The van der Waals surface area contributed by atoms with Crippen LogP contribution < -0.4 is 5.32 Å². The van der Waals surface area contributed by atoms with Crippen molar-refractivity contribution in [1.29, 1.82) is 0 Å². The molecule has 0 bridgehead atoms. The van der Waals surface area contributed by atoms with E-state index in [0.29, 0.717) is 13.0 Å².